The molecule has 7 unspecified atom stereocenters. The molecule has 0 radical (unpaired) electrons. The summed E-state index contributed by atoms with van der Waals surface area (Å²) < 4.78 is 98.3. The molecule has 0 aliphatic carbocycles. The van der Waals surface area contributed by atoms with Crippen LogP contribution in [-0.2, 0) is 66.7 Å². The lowest BCUT2D eigenvalue weighted by molar-refractivity contribution is -0.438. The highest BCUT2D eigenvalue weighted by Gasteiger charge is 2.48. The van der Waals surface area contributed by atoms with E-state index in [4.69, 9.17) is 15.7 Å². The number of H-pyrrole nitrogens is 1. The van der Waals surface area contributed by atoms with E-state index in [0.29, 0.717) is 37.9 Å². The molecule has 0 bridgehead atoms. The summed E-state index contributed by atoms with van der Waals surface area (Å²) in [6.07, 6.45) is 2.01. The number of hydrogen-bond acceptors (Lipinski definition) is 21. The smallest absolute Gasteiger partial charge is 0.387 e. The number of imidazole rings is 1. The van der Waals surface area contributed by atoms with Crippen LogP contribution in [-0.4, -0.2) is 130 Å². The number of likely N-dealkylation sites (N-methyl/N-ethyl adjacent to an activating group) is 1. The minimum atomic E-state index is -5.86. The number of hydrogen-bond donors (Lipinski definition) is 11. The summed E-state index contributed by atoms with van der Waals surface area (Å²) in [5.74, 6) is -0.735. The van der Waals surface area contributed by atoms with Gasteiger partial charge in [0.2, 0.25) is 17.5 Å². The summed E-state index contributed by atoms with van der Waals surface area (Å²) in [6, 6.07) is 10.3. The number of carbonyl (C=O) groups excluding carboxylic acids is 1. The minimum Gasteiger partial charge on any atom is -0.387 e. The first kappa shape index (κ1) is 60.1. The van der Waals surface area contributed by atoms with E-state index in [1.807, 2.05) is 62.3 Å². The molecule has 7 rings (SSSR count). The van der Waals surface area contributed by atoms with E-state index in [-0.39, 0.29) is 35.0 Å². The molecule has 12 N–H and O–H groups in total. The van der Waals surface area contributed by atoms with Gasteiger partial charge in [-0.05, 0) is 75.6 Å². The maximum atomic E-state index is 12.7. The van der Waals surface area contributed by atoms with Crippen molar-refractivity contribution in [3.63, 3.8) is 0 Å². The molecule has 0 saturated carbocycles. The molecule has 34 heteroatoms. The first-order valence-corrected chi connectivity index (χ1v) is 30.3. The third-order valence-corrected chi connectivity index (χ3v) is 18.8. The Morgan fingerprint density at radius 1 is 1.00 bits per heavy atom. The van der Waals surface area contributed by atoms with E-state index in [2.05, 4.69) is 66.1 Å². The molecular weight excluding hydrogens is 1120 g/mol. The monoisotopic (exact) mass is 1180 g/mol. The van der Waals surface area contributed by atoms with E-state index < -0.39 is 93.5 Å². The summed E-state index contributed by atoms with van der Waals surface area (Å²) in [7, 11) is -21.3. The number of fused-ring (bicyclic) bond motifs is 3. The van der Waals surface area contributed by atoms with Crippen LogP contribution in [0.1, 0.15) is 77.7 Å². The Bertz CT molecular complexity index is 3320. The maximum absolute atomic E-state index is 12.7. The van der Waals surface area contributed by atoms with Gasteiger partial charge in [0.05, 0.1) is 35.3 Å². The van der Waals surface area contributed by atoms with E-state index in [0.717, 1.165) is 56.2 Å². The summed E-state index contributed by atoms with van der Waals surface area (Å²) in [5.41, 5.74) is 8.73. The Balaban J connectivity index is 0.887. The Kier molecular flexibility index (Phi) is 18.5. The highest BCUT2D eigenvalue weighted by Crippen LogP contribution is 2.66. The zero-order chi connectivity index (χ0) is 56.5. The van der Waals surface area contributed by atoms with Gasteiger partial charge in [0, 0.05) is 71.9 Å². The van der Waals surface area contributed by atoms with Crippen LogP contribution in [0.5, 0.6) is 0 Å². The Hall–Kier alpha value is -4.56. The van der Waals surface area contributed by atoms with Crippen LogP contribution < -0.4 is 26.6 Å². The number of nitrogen functional groups attached to an aromatic ring is 1. The van der Waals surface area contributed by atoms with Gasteiger partial charge in [0.15, 0.2) is 23.1 Å². The summed E-state index contributed by atoms with van der Waals surface area (Å²) in [6.45, 7) is 9.49. The van der Waals surface area contributed by atoms with Crippen LogP contribution in [0, 0.1) is 0 Å². The standard InChI is InChI=1S/C43H58N9O20P3S2/c1-6-50-29-16-14-25(76-70-69-57)21-27(29)42(2,3)32(50)11-10-12-33-43(4,5)28-22-26(77(64,65)66)15-17-30(28)51(33)20-9-7-8-13-34(53)45-18-19-47-73(58,59)71-75(62,63)72-74(60,61)67-23-31-36(54)37(55)40(68-31)52-24-46-35-38(52)48-41(44)49-39(35)56/h10-12,14-17,21-22,24,31,36-37,40,54-55H,6-9,13,18-20,23H2,1-5H3,(H9-,44,45,47,48,49,53,56,57,58,59,60,61,62,63,64,65,66)/p+1. The average molecular weight is 1180 g/mol. The number of nitrogens with one attached hydrogen (secondary N) is 3. The second-order valence-corrected chi connectivity index (χ2v) is 25.8. The zero-order valence-corrected chi connectivity index (χ0v) is 46.2. The lowest BCUT2D eigenvalue weighted by atomic mass is 9.81. The van der Waals surface area contributed by atoms with Crippen LogP contribution in [0.15, 0.2) is 81.2 Å². The quantitative estimate of drug-likeness (QED) is 0.00851. The number of nitrogens with two attached hydrogens (primary N) is 1. The van der Waals surface area contributed by atoms with Crippen molar-refractivity contribution >= 4 is 85.7 Å². The molecule has 29 nitrogen and oxygen atoms in total. The third-order valence-electron chi connectivity index (χ3n) is 12.9. The molecule has 5 heterocycles. The zero-order valence-electron chi connectivity index (χ0n) is 41.9. The molecule has 4 aromatic rings. The number of carbonyl (C=O) groups is 1. The molecule has 77 heavy (non-hydrogen) atoms. The number of benzene rings is 2. The number of allylic oxidation sites excluding steroid dienone is 4. The fourth-order valence-electron chi connectivity index (χ4n) is 9.34. The van der Waals surface area contributed by atoms with Crippen LogP contribution in [0.3, 0.4) is 0 Å². The summed E-state index contributed by atoms with van der Waals surface area (Å²) >= 11 is 0.871. The van der Waals surface area contributed by atoms with Crippen LogP contribution >= 0.6 is 35.4 Å². The largest absolute Gasteiger partial charge is 0.489 e. The van der Waals surface area contributed by atoms with Gasteiger partial charge in [-0.25, -0.2) is 29.0 Å². The number of aromatic nitrogens is 4. The number of unbranched alkanes of at least 4 members (excludes halogenated alkanes) is 2. The number of aromatic amines is 1. The first-order chi connectivity index (χ1) is 36.0. The number of anilines is 2. The molecule has 1 fully saturated rings. The van der Waals surface area contributed by atoms with Gasteiger partial charge in [0.1, 0.15) is 24.9 Å². The number of amides is 1. The lowest BCUT2D eigenvalue weighted by Crippen LogP contribution is -2.33. The van der Waals surface area contributed by atoms with E-state index in [1.54, 1.807) is 6.07 Å². The fourth-order valence-corrected chi connectivity index (χ4v) is 13.9. The topological polar surface area (TPSA) is 419 Å². The number of ether oxygens (including phenoxy) is 1. The number of rotatable bonds is 25. The molecule has 1 amide bonds. The van der Waals surface area contributed by atoms with Gasteiger partial charge < -0.3 is 45.6 Å². The highest BCUT2D eigenvalue weighted by atomic mass is 32.2. The van der Waals surface area contributed by atoms with Crippen LogP contribution in [0.4, 0.5) is 17.3 Å². The Labute approximate surface area is 444 Å². The number of aliphatic hydroxyl groups excluding tert-OH is 2. The van der Waals surface area contributed by atoms with E-state index in [9.17, 15) is 61.1 Å². The highest BCUT2D eigenvalue weighted by molar-refractivity contribution is 7.94. The molecule has 7 atom stereocenters. The lowest BCUT2D eigenvalue weighted by Gasteiger charge is -2.25. The van der Waals surface area contributed by atoms with Crippen LogP contribution in [0.2, 0.25) is 0 Å². The van der Waals surface area contributed by atoms with Crippen molar-refractivity contribution in [3.05, 3.63) is 88.1 Å². The van der Waals surface area contributed by atoms with Gasteiger partial charge in [-0.15, -0.1) is 4.33 Å². The molecule has 1 saturated heterocycles. The van der Waals surface area contributed by atoms with Crippen molar-refractivity contribution in [3.8, 4) is 0 Å². The second-order valence-electron chi connectivity index (χ2n) is 18.8. The fraction of sp³-hybridized carbons (Fsp3) is 0.465. The molecule has 2 aromatic heterocycles. The normalized spacial score (nSPS) is 22.9. The first-order valence-electron chi connectivity index (χ1n) is 23.5. The Morgan fingerprint density at radius 3 is 2.44 bits per heavy atom. The number of aliphatic hydroxyl groups is 2. The molecule has 2 aromatic carbocycles. The van der Waals surface area contributed by atoms with Crippen molar-refractivity contribution in [2.75, 3.05) is 43.4 Å². The SMILES string of the molecule is CCN1/C(=C/C=C/C2=[N+](CCCCCC(=O)NCCNP(=O)(O)OP(=O)(O)OP(=O)(O)OCC3OC(n4cnc5c(=O)[nH]c(N)nc54)C(O)C3O)c3ccc(S(=O)(=O)O)cc3C2(C)C)C(C)(C)c2cc(SOOO)ccc21. The van der Waals surface area contributed by atoms with Gasteiger partial charge >= 0.3 is 23.4 Å². The van der Waals surface area contributed by atoms with Crippen molar-refractivity contribution in [2.45, 2.75) is 105 Å². The predicted octanol–water partition coefficient (Wildman–Crippen LogP) is 3.95. The summed E-state index contributed by atoms with van der Waals surface area (Å²) in [5, 5.41) is 38.0. The molecule has 3 aliphatic heterocycles. The van der Waals surface area contributed by atoms with Gasteiger partial charge in [-0.2, -0.15) is 26.6 Å². The van der Waals surface area contributed by atoms with E-state index >= 15 is 0 Å². The number of phosphoric acid groups is 2. The van der Waals surface area contributed by atoms with Crippen LogP contribution in [0.25, 0.3) is 11.2 Å². The van der Waals surface area contributed by atoms with E-state index in [1.165, 1.54) is 12.1 Å². The van der Waals surface area contributed by atoms with Crippen molar-refractivity contribution < 1.29 is 93.4 Å². The van der Waals surface area contributed by atoms with Crippen molar-refractivity contribution in [1.82, 2.24) is 29.9 Å². The predicted molar refractivity (Wildman–Crippen MR) is 275 cm³/mol. The number of nitrogens with zero attached hydrogens (tertiary/aromatic N) is 5. The van der Waals surface area contributed by atoms with Gasteiger partial charge in [-0.3, -0.25) is 28.2 Å². The summed E-state index contributed by atoms with van der Waals surface area (Å²) in [4.78, 5) is 67.9. The van der Waals surface area contributed by atoms with Crippen molar-refractivity contribution in [1.29, 1.82) is 0 Å². The van der Waals surface area contributed by atoms with Gasteiger partial charge in [-0.1, -0.05) is 25.0 Å². The molecule has 0 spiro atoms. The third kappa shape index (κ3) is 13.7. The Morgan fingerprint density at radius 2 is 1.74 bits per heavy atom. The molecule has 3 aliphatic rings. The average Bonchev–Trinajstić information content (AvgIpc) is 4.01. The molecular formula is C43H59N9O20P3S2+. The second kappa shape index (κ2) is 23.6. The van der Waals surface area contributed by atoms with Crippen molar-refractivity contribution in [2.24, 2.45) is 0 Å². The number of phosphoric ester groups is 1. The maximum Gasteiger partial charge on any atom is 0.489 e. The minimum absolute atomic E-state index is 0.0492. The van der Waals surface area contributed by atoms with Gasteiger partial charge in [0.25, 0.3) is 15.7 Å². The molecule has 422 valence electrons.